The fraction of sp³-hybridized carbons (Fsp3) is 0.467. The third-order valence-electron chi connectivity index (χ3n) is 3.11. The van der Waals surface area contributed by atoms with E-state index in [0.29, 0.717) is 12.3 Å². The minimum atomic E-state index is -0.155. The van der Waals surface area contributed by atoms with Crippen LogP contribution in [0.15, 0.2) is 23.7 Å². The average Bonchev–Trinajstić information content (AvgIpc) is 2.87. The van der Waals surface area contributed by atoms with Crippen LogP contribution in [0.25, 0.3) is 0 Å². The summed E-state index contributed by atoms with van der Waals surface area (Å²) in [6, 6.07) is 3.67. The van der Waals surface area contributed by atoms with Gasteiger partial charge >= 0.3 is 0 Å². The third kappa shape index (κ3) is 3.35. The van der Waals surface area contributed by atoms with E-state index >= 15 is 0 Å². The van der Waals surface area contributed by atoms with Crippen LogP contribution in [0.5, 0.6) is 5.88 Å². The minimum absolute atomic E-state index is 0.0742. The zero-order valence-electron chi connectivity index (χ0n) is 12.4. The number of nitrogens with two attached hydrogens (primary N) is 1. The smallest absolute Gasteiger partial charge is 0.217 e. The van der Waals surface area contributed by atoms with Crippen LogP contribution in [0, 0.1) is 0 Å². The van der Waals surface area contributed by atoms with Crippen molar-refractivity contribution in [3.05, 3.63) is 40.0 Å². The number of methoxy groups -OCH3 is 1. The zero-order chi connectivity index (χ0) is 14.8. The first-order chi connectivity index (χ1) is 9.41. The predicted molar refractivity (Wildman–Crippen MR) is 82.2 cm³/mol. The molecule has 0 saturated carbocycles. The molecule has 0 aromatic carbocycles. The van der Waals surface area contributed by atoms with Crippen molar-refractivity contribution < 1.29 is 4.74 Å². The summed E-state index contributed by atoms with van der Waals surface area (Å²) < 4.78 is 5.26. The Morgan fingerprint density at radius 2 is 2.15 bits per heavy atom. The lowest BCUT2D eigenvalue weighted by Gasteiger charge is -2.15. The second-order valence-electron chi connectivity index (χ2n) is 5.79. The summed E-state index contributed by atoms with van der Waals surface area (Å²) in [7, 11) is 1.61. The first-order valence-corrected chi connectivity index (χ1v) is 7.49. The van der Waals surface area contributed by atoms with Gasteiger partial charge in [-0.3, -0.25) is 0 Å². The average molecular weight is 291 g/mol. The van der Waals surface area contributed by atoms with Crippen LogP contribution in [-0.2, 0) is 11.8 Å². The maximum Gasteiger partial charge on any atom is 0.217 e. The Morgan fingerprint density at radius 1 is 1.40 bits per heavy atom. The molecule has 2 aromatic heterocycles. The van der Waals surface area contributed by atoms with Crippen LogP contribution in [0.1, 0.15) is 43.1 Å². The lowest BCUT2D eigenvalue weighted by Crippen LogP contribution is -2.16. The van der Waals surface area contributed by atoms with Gasteiger partial charge in [0.15, 0.2) is 0 Å². The third-order valence-corrected chi connectivity index (χ3v) is 3.98. The van der Waals surface area contributed by atoms with Gasteiger partial charge in [0.2, 0.25) is 5.88 Å². The van der Waals surface area contributed by atoms with E-state index in [0.717, 1.165) is 16.3 Å². The number of pyridine rings is 1. The molecule has 0 saturated heterocycles. The lowest BCUT2D eigenvalue weighted by atomic mass is 9.93. The summed E-state index contributed by atoms with van der Waals surface area (Å²) in [5, 5.41) is 3.16. The van der Waals surface area contributed by atoms with Crippen LogP contribution in [0.2, 0.25) is 0 Å². The van der Waals surface area contributed by atoms with E-state index in [1.807, 2.05) is 12.1 Å². The van der Waals surface area contributed by atoms with Crippen molar-refractivity contribution in [3.8, 4) is 5.88 Å². The van der Waals surface area contributed by atoms with E-state index < -0.39 is 0 Å². The molecule has 2 aromatic rings. The number of ether oxygens (including phenoxy) is 1. The summed E-state index contributed by atoms with van der Waals surface area (Å²) >= 11 is 1.66. The molecule has 2 rings (SSSR count). The van der Waals surface area contributed by atoms with Crippen LogP contribution in [-0.4, -0.2) is 17.1 Å². The van der Waals surface area contributed by atoms with Gasteiger partial charge in [0.05, 0.1) is 17.8 Å². The summed E-state index contributed by atoms with van der Waals surface area (Å²) in [5.74, 6) is 0.590. The molecule has 0 aliphatic carbocycles. The van der Waals surface area contributed by atoms with Gasteiger partial charge in [0.25, 0.3) is 0 Å². The van der Waals surface area contributed by atoms with Gasteiger partial charge in [0, 0.05) is 35.0 Å². The fourth-order valence-electron chi connectivity index (χ4n) is 1.90. The van der Waals surface area contributed by atoms with E-state index in [2.05, 4.69) is 36.1 Å². The standard InChI is InChI=1S/C15H21N3OS/c1-15(2,3)12-9-20-13(18-12)8-11(16)10-6-5-7-17-14(10)19-4/h5-7,9,11H,8,16H2,1-4H3. The molecule has 0 radical (unpaired) electrons. The lowest BCUT2D eigenvalue weighted by molar-refractivity contribution is 0.388. The van der Waals surface area contributed by atoms with Crippen LogP contribution in [0.3, 0.4) is 0 Å². The molecule has 1 unspecified atom stereocenters. The molecule has 4 nitrogen and oxygen atoms in total. The Hall–Kier alpha value is -1.46. The van der Waals surface area contributed by atoms with Gasteiger partial charge < -0.3 is 10.5 Å². The van der Waals surface area contributed by atoms with E-state index in [1.165, 1.54) is 0 Å². The van der Waals surface area contributed by atoms with Crippen molar-refractivity contribution in [2.24, 2.45) is 5.73 Å². The van der Waals surface area contributed by atoms with Crippen LogP contribution < -0.4 is 10.5 Å². The van der Waals surface area contributed by atoms with Crippen LogP contribution >= 0.6 is 11.3 Å². The van der Waals surface area contributed by atoms with E-state index in [9.17, 15) is 0 Å². The second kappa shape index (κ2) is 5.89. The molecule has 1 atom stereocenters. The molecule has 0 fully saturated rings. The maximum atomic E-state index is 6.27. The highest BCUT2D eigenvalue weighted by Crippen LogP contribution is 2.28. The SMILES string of the molecule is COc1ncccc1C(N)Cc1nc(C(C)(C)C)cs1. The molecule has 0 bridgehead atoms. The highest BCUT2D eigenvalue weighted by molar-refractivity contribution is 7.09. The number of hydrogen-bond acceptors (Lipinski definition) is 5. The van der Waals surface area contributed by atoms with Crippen molar-refractivity contribution in [1.29, 1.82) is 0 Å². The largest absolute Gasteiger partial charge is 0.481 e. The van der Waals surface area contributed by atoms with Gasteiger partial charge in [0.1, 0.15) is 0 Å². The fourth-order valence-corrected chi connectivity index (χ4v) is 2.98. The van der Waals surface area contributed by atoms with Crippen molar-refractivity contribution in [3.63, 3.8) is 0 Å². The molecule has 2 N–H and O–H groups in total. The van der Waals surface area contributed by atoms with Gasteiger partial charge in [-0.05, 0) is 6.07 Å². The number of aromatic nitrogens is 2. The first kappa shape index (κ1) is 14.9. The summed E-state index contributed by atoms with van der Waals surface area (Å²) in [5.41, 5.74) is 8.38. The molecule has 0 aliphatic heterocycles. The van der Waals surface area contributed by atoms with Crippen molar-refractivity contribution in [2.45, 2.75) is 38.6 Å². The minimum Gasteiger partial charge on any atom is -0.481 e. The summed E-state index contributed by atoms with van der Waals surface area (Å²) in [6.07, 6.45) is 2.40. The van der Waals surface area contributed by atoms with Gasteiger partial charge in [-0.1, -0.05) is 26.8 Å². The molecular weight excluding hydrogens is 270 g/mol. The first-order valence-electron chi connectivity index (χ1n) is 6.61. The Morgan fingerprint density at radius 3 is 2.75 bits per heavy atom. The van der Waals surface area contributed by atoms with Crippen molar-refractivity contribution in [2.75, 3.05) is 7.11 Å². The normalized spacial score (nSPS) is 13.2. The molecule has 2 heterocycles. The predicted octanol–water partition coefficient (Wildman–Crippen LogP) is 3.09. The Balaban J connectivity index is 2.15. The van der Waals surface area contributed by atoms with Gasteiger partial charge in [-0.15, -0.1) is 11.3 Å². The molecule has 108 valence electrons. The second-order valence-corrected chi connectivity index (χ2v) is 6.73. The summed E-state index contributed by atoms with van der Waals surface area (Å²) in [6.45, 7) is 6.49. The van der Waals surface area contributed by atoms with E-state index in [1.54, 1.807) is 24.6 Å². The topological polar surface area (TPSA) is 61.0 Å². The molecular formula is C15H21N3OS. The van der Waals surface area contributed by atoms with Gasteiger partial charge in [-0.2, -0.15) is 0 Å². The number of nitrogens with zero attached hydrogens (tertiary/aromatic N) is 2. The zero-order valence-corrected chi connectivity index (χ0v) is 13.2. The molecule has 20 heavy (non-hydrogen) atoms. The van der Waals surface area contributed by atoms with Gasteiger partial charge in [-0.25, -0.2) is 9.97 Å². The molecule has 0 amide bonds. The van der Waals surface area contributed by atoms with E-state index in [4.69, 9.17) is 10.5 Å². The monoisotopic (exact) mass is 291 g/mol. The Bertz CT molecular complexity index is 574. The summed E-state index contributed by atoms with van der Waals surface area (Å²) in [4.78, 5) is 8.86. The van der Waals surface area contributed by atoms with Crippen LogP contribution in [0.4, 0.5) is 0 Å². The highest BCUT2D eigenvalue weighted by atomic mass is 32.1. The Kier molecular flexibility index (Phi) is 4.40. The molecule has 5 heteroatoms. The van der Waals surface area contributed by atoms with Crippen molar-refractivity contribution in [1.82, 2.24) is 9.97 Å². The molecule has 0 aliphatic rings. The highest BCUT2D eigenvalue weighted by Gasteiger charge is 2.19. The number of rotatable bonds is 4. The molecule has 0 spiro atoms. The van der Waals surface area contributed by atoms with Crippen molar-refractivity contribution >= 4 is 11.3 Å². The number of hydrogen-bond donors (Lipinski definition) is 1. The Labute approximate surface area is 124 Å². The maximum absolute atomic E-state index is 6.27. The quantitative estimate of drug-likeness (QED) is 0.940. The van der Waals surface area contributed by atoms with E-state index in [-0.39, 0.29) is 11.5 Å². The number of thiazole rings is 1.